The maximum Gasteiger partial charge on any atom is 0.167 e. The van der Waals surface area contributed by atoms with E-state index in [1.165, 1.54) is 6.07 Å². The molecule has 0 bridgehead atoms. The van der Waals surface area contributed by atoms with E-state index in [-0.39, 0.29) is 17.9 Å². The van der Waals surface area contributed by atoms with Crippen LogP contribution in [0.2, 0.25) is 0 Å². The van der Waals surface area contributed by atoms with Gasteiger partial charge in [0.2, 0.25) is 0 Å². The van der Waals surface area contributed by atoms with Crippen LogP contribution in [-0.4, -0.2) is 23.4 Å². The number of benzene rings is 1. The summed E-state index contributed by atoms with van der Waals surface area (Å²) in [5.41, 5.74) is 6.72. The van der Waals surface area contributed by atoms with Crippen molar-refractivity contribution in [2.24, 2.45) is 0 Å². The second-order valence-electron chi connectivity index (χ2n) is 5.17. The van der Waals surface area contributed by atoms with E-state index in [2.05, 4.69) is 5.32 Å². The van der Waals surface area contributed by atoms with Gasteiger partial charge in [0.15, 0.2) is 11.6 Å². The average molecular weight is 270 g/mol. The molecule has 0 aliphatic carbocycles. The van der Waals surface area contributed by atoms with E-state index >= 15 is 0 Å². The Morgan fingerprint density at radius 3 is 2.47 bits per heavy atom. The Bertz CT molecular complexity index is 422. The fraction of sp³-hybridized carbons (Fsp3) is 0.571. The molecule has 0 spiro atoms. The molecule has 0 saturated heterocycles. The molecule has 4 nitrogen and oxygen atoms in total. The minimum Gasteiger partial charge on any atom is -0.488 e. The molecule has 4 N–H and O–H groups in total. The van der Waals surface area contributed by atoms with Crippen molar-refractivity contribution in [2.45, 2.75) is 52.4 Å². The summed E-state index contributed by atoms with van der Waals surface area (Å²) in [4.78, 5) is 0. The highest BCUT2D eigenvalue weighted by Gasteiger charge is 2.13. The smallest absolute Gasteiger partial charge is 0.167 e. The molecule has 0 fully saturated rings. The van der Waals surface area contributed by atoms with Gasteiger partial charge in [-0.1, -0.05) is 0 Å². The zero-order chi connectivity index (χ0) is 14.6. The van der Waals surface area contributed by atoms with Crippen LogP contribution in [0.15, 0.2) is 12.1 Å². The largest absolute Gasteiger partial charge is 0.488 e. The molecule has 1 aromatic carbocycles. The maximum atomic E-state index is 13.7. The van der Waals surface area contributed by atoms with Crippen molar-refractivity contribution in [3.63, 3.8) is 0 Å². The highest BCUT2D eigenvalue weighted by atomic mass is 19.1. The van der Waals surface area contributed by atoms with Crippen LogP contribution in [0.25, 0.3) is 0 Å². The van der Waals surface area contributed by atoms with Crippen molar-refractivity contribution in [3.05, 3.63) is 17.9 Å². The normalized spacial score (nSPS) is 14.3. The molecule has 2 unspecified atom stereocenters. The number of anilines is 2. The van der Waals surface area contributed by atoms with E-state index in [1.807, 2.05) is 20.8 Å². The summed E-state index contributed by atoms with van der Waals surface area (Å²) >= 11 is 0. The van der Waals surface area contributed by atoms with E-state index in [4.69, 9.17) is 10.5 Å². The quantitative estimate of drug-likeness (QED) is 0.695. The minimum absolute atomic E-state index is 0.0275. The summed E-state index contributed by atoms with van der Waals surface area (Å²) in [6, 6.07) is 2.83. The van der Waals surface area contributed by atoms with E-state index in [0.29, 0.717) is 17.8 Å². The predicted molar refractivity (Wildman–Crippen MR) is 76.0 cm³/mol. The van der Waals surface area contributed by atoms with Crippen LogP contribution >= 0.6 is 0 Å². The molecule has 108 valence electrons. The second-order valence-corrected chi connectivity index (χ2v) is 5.17. The van der Waals surface area contributed by atoms with E-state index in [1.54, 1.807) is 13.0 Å². The van der Waals surface area contributed by atoms with Gasteiger partial charge in [-0.3, -0.25) is 0 Å². The van der Waals surface area contributed by atoms with Gasteiger partial charge in [-0.2, -0.15) is 0 Å². The topological polar surface area (TPSA) is 67.5 Å². The standard InChI is InChI=1S/C14H23FN2O2/c1-8(2)19-14-7-13(12(16)6-11(14)15)17-9(3)5-10(4)18/h6-10,17-18H,5,16H2,1-4H3. The van der Waals surface area contributed by atoms with Crippen molar-refractivity contribution in [3.8, 4) is 5.75 Å². The zero-order valence-electron chi connectivity index (χ0n) is 11.9. The molecule has 0 radical (unpaired) electrons. The molecule has 1 aromatic rings. The van der Waals surface area contributed by atoms with Crippen molar-refractivity contribution in [2.75, 3.05) is 11.1 Å². The summed E-state index contributed by atoms with van der Waals surface area (Å²) < 4.78 is 19.0. The molecule has 0 heterocycles. The molecule has 0 aliphatic rings. The number of aliphatic hydroxyl groups excluding tert-OH is 1. The number of nitrogens with one attached hydrogen (secondary N) is 1. The molecule has 0 saturated carbocycles. The molecule has 1 rings (SSSR count). The molecule has 0 aromatic heterocycles. The highest BCUT2D eigenvalue weighted by molar-refractivity contribution is 5.68. The summed E-state index contributed by atoms with van der Waals surface area (Å²) in [6.07, 6.45) is 0.0633. The van der Waals surface area contributed by atoms with Gasteiger partial charge in [0.1, 0.15) is 0 Å². The van der Waals surface area contributed by atoms with Crippen molar-refractivity contribution in [1.29, 1.82) is 0 Å². The lowest BCUT2D eigenvalue weighted by Crippen LogP contribution is -2.21. The Balaban J connectivity index is 2.88. The second kappa shape index (κ2) is 6.61. The summed E-state index contributed by atoms with van der Waals surface area (Å²) in [5.74, 6) is -0.295. The predicted octanol–water partition coefficient (Wildman–Crippen LogP) is 2.77. The molecule has 5 heteroatoms. The Labute approximate surface area is 113 Å². The monoisotopic (exact) mass is 270 g/mol. The molecule has 2 atom stereocenters. The summed E-state index contributed by atoms with van der Waals surface area (Å²) in [7, 11) is 0. The number of nitrogen functional groups attached to an aromatic ring is 1. The van der Waals surface area contributed by atoms with E-state index in [9.17, 15) is 9.50 Å². The molecular weight excluding hydrogens is 247 g/mol. The first-order valence-corrected chi connectivity index (χ1v) is 6.49. The van der Waals surface area contributed by atoms with Gasteiger partial charge < -0.3 is 20.9 Å². The lowest BCUT2D eigenvalue weighted by atomic mass is 10.1. The minimum atomic E-state index is -0.472. The van der Waals surface area contributed by atoms with Crippen LogP contribution in [0.4, 0.5) is 15.8 Å². The van der Waals surface area contributed by atoms with Gasteiger partial charge in [-0.25, -0.2) is 4.39 Å². The number of halogens is 1. The number of hydrogen-bond donors (Lipinski definition) is 3. The zero-order valence-corrected chi connectivity index (χ0v) is 11.9. The van der Waals surface area contributed by atoms with Crippen LogP contribution < -0.4 is 15.8 Å². The Morgan fingerprint density at radius 2 is 1.95 bits per heavy atom. The highest BCUT2D eigenvalue weighted by Crippen LogP contribution is 2.29. The van der Waals surface area contributed by atoms with Crippen molar-refractivity contribution >= 4 is 11.4 Å². The number of aliphatic hydroxyl groups is 1. The van der Waals surface area contributed by atoms with Gasteiger partial charge in [0.05, 0.1) is 23.6 Å². The van der Waals surface area contributed by atoms with Crippen molar-refractivity contribution in [1.82, 2.24) is 0 Å². The first kappa shape index (κ1) is 15.6. The van der Waals surface area contributed by atoms with Crippen LogP contribution in [0.5, 0.6) is 5.75 Å². The van der Waals surface area contributed by atoms with Gasteiger partial charge in [-0.05, 0) is 34.1 Å². The summed E-state index contributed by atoms with van der Waals surface area (Å²) in [6.45, 7) is 7.32. The van der Waals surface area contributed by atoms with Gasteiger partial charge in [-0.15, -0.1) is 0 Å². The first-order chi connectivity index (χ1) is 8.79. The molecule has 0 amide bonds. The fourth-order valence-corrected chi connectivity index (χ4v) is 1.87. The Morgan fingerprint density at radius 1 is 1.32 bits per heavy atom. The van der Waals surface area contributed by atoms with E-state index < -0.39 is 11.9 Å². The number of ether oxygens (including phenoxy) is 1. The lowest BCUT2D eigenvalue weighted by Gasteiger charge is -2.19. The SMILES string of the molecule is CC(O)CC(C)Nc1cc(OC(C)C)c(F)cc1N. The number of nitrogens with two attached hydrogens (primary N) is 1. The Kier molecular flexibility index (Phi) is 5.42. The first-order valence-electron chi connectivity index (χ1n) is 6.49. The van der Waals surface area contributed by atoms with E-state index in [0.717, 1.165) is 0 Å². The summed E-state index contributed by atoms with van der Waals surface area (Å²) in [5, 5.41) is 12.5. The van der Waals surface area contributed by atoms with Gasteiger partial charge >= 0.3 is 0 Å². The maximum absolute atomic E-state index is 13.7. The molecule has 0 aliphatic heterocycles. The fourth-order valence-electron chi connectivity index (χ4n) is 1.87. The third-order valence-corrected chi connectivity index (χ3v) is 2.56. The lowest BCUT2D eigenvalue weighted by molar-refractivity contribution is 0.179. The average Bonchev–Trinajstić information content (AvgIpc) is 2.23. The van der Waals surface area contributed by atoms with Crippen LogP contribution in [0, 0.1) is 5.82 Å². The van der Waals surface area contributed by atoms with Crippen LogP contribution in [0.3, 0.4) is 0 Å². The third kappa shape index (κ3) is 4.95. The van der Waals surface area contributed by atoms with Crippen LogP contribution in [0.1, 0.15) is 34.1 Å². The number of rotatable bonds is 6. The van der Waals surface area contributed by atoms with Gasteiger partial charge in [0.25, 0.3) is 0 Å². The molecule has 19 heavy (non-hydrogen) atoms. The third-order valence-electron chi connectivity index (χ3n) is 2.56. The Hall–Kier alpha value is -1.49. The number of hydrogen-bond acceptors (Lipinski definition) is 4. The van der Waals surface area contributed by atoms with Crippen molar-refractivity contribution < 1.29 is 14.2 Å². The molecular formula is C14H23FN2O2. The van der Waals surface area contributed by atoms with Crippen LogP contribution in [-0.2, 0) is 0 Å². The van der Waals surface area contributed by atoms with Gasteiger partial charge in [0, 0.05) is 18.2 Å².